The number of ketones is 1. The molecule has 0 saturated carbocycles. The lowest BCUT2D eigenvalue weighted by Gasteiger charge is -2.15. The van der Waals surface area contributed by atoms with Gasteiger partial charge in [-0.25, -0.2) is 0 Å². The van der Waals surface area contributed by atoms with Gasteiger partial charge in [0.05, 0.1) is 31.9 Å². The second-order valence-electron chi connectivity index (χ2n) is 5.40. The van der Waals surface area contributed by atoms with Crippen molar-refractivity contribution in [3.05, 3.63) is 50.1 Å². The number of ether oxygens (including phenoxy) is 1. The van der Waals surface area contributed by atoms with Crippen molar-refractivity contribution in [2.24, 2.45) is 0 Å². The number of halogens is 5. The van der Waals surface area contributed by atoms with E-state index in [1.54, 1.807) is 6.07 Å². The molecule has 1 aromatic carbocycles. The van der Waals surface area contributed by atoms with Crippen LogP contribution in [-0.4, -0.2) is 24.3 Å². The summed E-state index contributed by atoms with van der Waals surface area (Å²) in [4.78, 5) is 35.7. The smallest absolute Gasteiger partial charge is 0.418 e. The summed E-state index contributed by atoms with van der Waals surface area (Å²) in [7, 11) is 0. The maximum absolute atomic E-state index is 13.0. The van der Waals surface area contributed by atoms with Crippen molar-refractivity contribution in [1.29, 1.82) is 0 Å². The SMILES string of the molecule is O=C(COC(=O)CCC(=O)c1ccc(Cl)s1)Nc1c(Cl)cccc1C(F)(F)F. The number of amides is 1. The van der Waals surface area contributed by atoms with Gasteiger partial charge in [-0.3, -0.25) is 14.4 Å². The van der Waals surface area contributed by atoms with Gasteiger partial charge in [0.2, 0.25) is 0 Å². The zero-order chi connectivity index (χ0) is 20.9. The number of benzene rings is 1. The van der Waals surface area contributed by atoms with Crippen molar-refractivity contribution in [3.63, 3.8) is 0 Å². The van der Waals surface area contributed by atoms with E-state index >= 15 is 0 Å². The van der Waals surface area contributed by atoms with Crippen LogP contribution in [0.5, 0.6) is 0 Å². The molecular formula is C17H12Cl2F3NO4S. The number of nitrogens with one attached hydrogen (secondary N) is 1. The van der Waals surface area contributed by atoms with Crippen LogP contribution in [0.25, 0.3) is 0 Å². The number of rotatable bonds is 7. The van der Waals surface area contributed by atoms with Crippen LogP contribution < -0.4 is 5.32 Å². The van der Waals surface area contributed by atoms with Crippen molar-refractivity contribution < 1.29 is 32.3 Å². The van der Waals surface area contributed by atoms with Gasteiger partial charge in [0.1, 0.15) is 0 Å². The Morgan fingerprint density at radius 1 is 1.07 bits per heavy atom. The average Bonchev–Trinajstić information content (AvgIpc) is 3.05. The van der Waals surface area contributed by atoms with Crippen molar-refractivity contribution in [3.8, 4) is 0 Å². The van der Waals surface area contributed by atoms with Crippen LogP contribution in [0.2, 0.25) is 9.36 Å². The maximum atomic E-state index is 13.0. The van der Waals surface area contributed by atoms with Crippen molar-refractivity contribution in [2.75, 3.05) is 11.9 Å². The highest BCUT2D eigenvalue weighted by Crippen LogP contribution is 2.38. The van der Waals surface area contributed by atoms with Crippen molar-refractivity contribution in [2.45, 2.75) is 19.0 Å². The quantitative estimate of drug-likeness (QED) is 0.460. The van der Waals surface area contributed by atoms with Crippen LogP contribution in [0.3, 0.4) is 0 Å². The molecule has 2 rings (SSSR count). The van der Waals surface area contributed by atoms with Crippen LogP contribution in [0.4, 0.5) is 18.9 Å². The fourth-order valence-corrected chi connectivity index (χ4v) is 3.32. The third-order valence-corrected chi connectivity index (χ3v) is 4.94. The van der Waals surface area contributed by atoms with E-state index in [9.17, 15) is 27.6 Å². The van der Waals surface area contributed by atoms with Gasteiger partial charge >= 0.3 is 12.1 Å². The van der Waals surface area contributed by atoms with Gasteiger partial charge in [0, 0.05) is 6.42 Å². The topological polar surface area (TPSA) is 72.5 Å². The lowest BCUT2D eigenvalue weighted by molar-refractivity contribution is -0.147. The maximum Gasteiger partial charge on any atom is 0.418 e. The lowest BCUT2D eigenvalue weighted by atomic mass is 10.1. The number of hydrogen-bond acceptors (Lipinski definition) is 5. The van der Waals surface area contributed by atoms with Crippen LogP contribution in [-0.2, 0) is 20.5 Å². The molecule has 0 atom stereocenters. The molecule has 28 heavy (non-hydrogen) atoms. The Balaban J connectivity index is 1.86. The molecule has 1 aromatic heterocycles. The zero-order valence-corrected chi connectivity index (χ0v) is 16.3. The number of carbonyl (C=O) groups is 3. The first-order chi connectivity index (χ1) is 13.1. The highest BCUT2D eigenvalue weighted by atomic mass is 35.5. The molecule has 0 spiro atoms. The highest BCUT2D eigenvalue weighted by molar-refractivity contribution is 7.18. The van der Waals surface area contributed by atoms with E-state index in [1.807, 2.05) is 5.32 Å². The number of Topliss-reactive ketones (excluding diaryl/α,β-unsaturated/α-hetero) is 1. The summed E-state index contributed by atoms with van der Waals surface area (Å²) in [6, 6.07) is 6.11. The van der Waals surface area contributed by atoms with Crippen molar-refractivity contribution >= 4 is 57.9 Å². The first kappa shape index (κ1) is 22.2. The number of alkyl halides is 3. The Hall–Kier alpha value is -2.10. The molecule has 5 nitrogen and oxygen atoms in total. The summed E-state index contributed by atoms with van der Waals surface area (Å²) in [6.45, 7) is -0.819. The van der Waals surface area contributed by atoms with Gasteiger partial charge in [-0.15, -0.1) is 11.3 Å². The molecule has 0 unspecified atom stereocenters. The fourth-order valence-electron chi connectivity index (χ4n) is 2.08. The minimum atomic E-state index is -4.73. The van der Waals surface area contributed by atoms with E-state index < -0.39 is 35.9 Å². The minimum absolute atomic E-state index is 0.153. The van der Waals surface area contributed by atoms with Gasteiger partial charge in [-0.05, 0) is 24.3 Å². The first-order valence-corrected chi connectivity index (χ1v) is 9.25. The Morgan fingerprint density at radius 3 is 2.39 bits per heavy atom. The van der Waals surface area contributed by atoms with Crippen LogP contribution in [0, 0.1) is 0 Å². The predicted molar refractivity (Wildman–Crippen MR) is 98.9 cm³/mol. The number of para-hydroxylation sites is 1. The lowest BCUT2D eigenvalue weighted by Crippen LogP contribution is -2.23. The molecule has 11 heteroatoms. The summed E-state index contributed by atoms with van der Waals surface area (Å²) >= 11 is 12.5. The molecule has 0 aliphatic rings. The molecule has 2 aromatic rings. The number of anilines is 1. The summed E-state index contributed by atoms with van der Waals surface area (Å²) in [5.41, 5.74) is -1.75. The monoisotopic (exact) mass is 453 g/mol. The summed E-state index contributed by atoms with van der Waals surface area (Å²) in [6.07, 6.45) is -5.17. The van der Waals surface area contributed by atoms with Gasteiger partial charge in [-0.1, -0.05) is 29.3 Å². The van der Waals surface area contributed by atoms with Crippen LogP contribution >= 0.6 is 34.5 Å². The zero-order valence-electron chi connectivity index (χ0n) is 13.9. The standard InChI is InChI=1S/C17H12Cl2F3NO4S/c18-10-3-1-2-9(17(20,21)22)16(10)23-14(25)8-27-15(26)7-4-11(24)12-5-6-13(19)28-12/h1-3,5-6H,4,7-8H2,(H,23,25). The van der Waals surface area contributed by atoms with E-state index in [0.717, 1.165) is 23.5 Å². The Labute approximate surface area is 171 Å². The third-order valence-electron chi connectivity index (χ3n) is 3.35. The summed E-state index contributed by atoms with van der Waals surface area (Å²) in [5.74, 6) is -2.16. The van der Waals surface area contributed by atoms with Crippen LogP contribution in [0.15, 0.2) is 30.3 Å². The van der Waals surface area contributed by atoms with Crippen molar-refractivity contribution in [1.82, 2.24) is 0 Å². The molecule has 0 radical (unpaired) electrons. The summed E-state index contributed by atoms with van der Waals surface area (Å²) < 4.78 is 44.0. The van der Waals surface area contributed by atoms with Crippen LogP contribution in [0.1, 0.15) is 28.1 Å². The second kappa shape index (κ2) is 9.40. The van der Waals surface area contributed by atoms with E-state index in [0.29, 0.717) is 9.21 Å². The van der Waals surface area contributed by atoms with E-state index in [1.165, 1.54) is 12.1 Å². The molecule has 0 aliphatic carbocycles. The Morgan fingerprint density at radius 2 is 1.79 bits per heavy atom. The summed E-state index contributed by atoms with van der Waals surface area (Å²) in [5, 5.41) is 1.68. The Bertz CT molecular complexity index is 899. The highest BCUT2D eigenvalue weighted by Gasteiger charge is 2.34. The van der Waals surface area contributed by atoms with Gasteiger partial charge < -0.3 is 10.1 Å². The number of carbonyl (C=O) groups excluding carboxylic acids is 3. The number of esters is 1. The molecule has 0 fully saturated rings. The fraction of sp³-hybridized carbons (Fsp3) is 0.235. The van der Waals surface area contributed by atoms with Gasteiger partial charge in [0.25, 0.3) is 5.91 Å². The molecule has 0 bridgehead atoms. The van der Waals surface area contributed by atoms with E-state index in [2.05, 4.69) is 4.74 Å². The Kier molecular flexibility index (Phi) is 7.45. The predicted octanol–water partition coefficient (Wildman–Crippen LogP) is 5.22. The largest absolute Gasteiger partial charge is 0.456 e. The third kappa shape index (κ3) is 6.22. The number of thiophene rings is 1. The minimum Gasteiger partial charge on any atom is -0.456 e. The molecule has 1 N–H and O–H groups in total. The first-order valence-electron chi connectivity index (χ1n) is 7.67. The van der Waals surface area contributed by atoms with E-state index in [-0.39, 0.29) is 23.6 Å². The molecule has 0 aliphatic heterocycles. The molecule has 1 amide bonds. The number of hydrogen-bond donors (Lipinski definition) is 1. The molecule has 150 valence electrons. The second-order valence-corrected chi connectivity index (χ2v) is 7.52. The average molecular weight is 454 g/mol. The normalized spacial score (nSPS) is 11.2. The molecular weight excluding hydrogens is 442 g/mol. The van der Waals surface area contributed by atoms with E-state index in [4.69, 9.17) is 23.2 Å². The molecule has 0 saturated heterocycles. The van der Waals surface area contributed by atoms with Gasteiger partial charge in [0.15, 0.2) is 12.4 Å². The van der Waals surface area contributed by atoms with Gasteiger partial charge in [-0.2, -0.15) is 13.2 Å². The molecule has 1 heterocycles.